The van der Waals surface area contributed by atoms with Crippen molar-refractivity contribution in [2.24, 2.45) is 0 Å². The number of methoxy groups -OCH3 is 1. The second-order valence-electron chi connectivity index (χ2n) is 7.01. The number of anilines is 2. The third-order valence-corrected chi connectivity index (χ3v) is 6.65. The Morgan fingerprint density at radius 1 is 1.10 bits per heavy atom. The molecule has 31 heavy (non-hydrogen) atoms. The van der Waals surface area contributed by atoms with Crippen LogP contribution in [0.15, 0.2) is 78.9 Å². The van der Waals surface area contributed by atoms with Crippen LogP contribution in [0, 0.1) is 0 Å². The number of ether oxygens (including phenoxy) is 1. The Hall–Kier alpha value is -2.96. The van der Waals surface area contributed by atoms with Gasteiger partial charge in [0.25, 0.3) is 0 Å². The molecule has 0 aliphatic carbocycles. The molecule has 0 aromatic heterocycles. The van der Waals surface area contributed by atoms with Crippen molar-refractivity contribution in [1.82, 2.24) is 0 Å². The van der Waals surface area contributed by atoms with Gasteiger partial charge in [0, 0.05) is 17.4 Å². The summed E-state index contributed by atoms with van der Waals surface area (Å²) < 4.78 is 5.30. The van der Waals surface area contributed by atoms with Crippen LogP contribution in [-0.4, -0.2) is 24.7 Å². The van der Waals surface area contributed by atoms with E-state index in [-0.39, 0.29) is 17.2 Å². The van der Waals surface area contributed by atoms with Crippen LogP contribution >= 0.6 is 23.4 Å². The van der Waals surface area contributed by atoms with Crippen LogP contribution in [0.1, 0.15) is 21.9 Å². The monoisotopic (exact) mass is 452 g/mol. The van der Waals surface area contributed by atoms with Gasteiger partial charge in [-0.3, -0.25) is 14.5 Å². The van der Waals surface area contributed by atoms with Gasteiger partial charge < -0.3 is 10.1 Å². The third-order valence-electron chi connectivity index (χ3n) is 4.99. The minimum absolute atomic E-state index is 0.0495. The van der Waals surface area contributed by atoms with E-state index >= 15 is 0 Å². The number of carbonyl (C=O) groups is 2. The standard InChI is InChI=1S/C24H21ClN2O3S/c1-30-20-9-5-8-19(14-20)27-21(28)15-31-24(27)17-10-12-18(13-11-17)26-23(29)22(25)16-6-3-2-4-7-16/h2-14,22,24H,15H2,1H3,(H,26,29). The Kier molecular flexibility index (Phi) is 6.49. The van der Waals surface area contributed by atoms with E-state index in [0.29, 0.717) is 17.2 Å². The molecule has 5 nitrogen and oxygen atoms in total. The van der Waals surface area contributed by atoms with Crippen LogP contribution < -0.4 is 15.0 Å². The zero-order chi connectivity index (χ0) is 21.8. The number of hydrogen-bond donors (Lipinski definition) is 1. The number of hydrogen-bond acceptors (Lipinski definition) is 4. The lowest BCUT2D eigenvalue weighted by Gasteiger charge is -2.25. The summed E-state index contributed by atoms with van der Waals surface area (Å²) in [5, 5.41) is 1.94. The Morgan fingerprint density at radius 2 is 1.84 bits per heavy atom. The number of halogens is 1. The third kappa shape index (κ3) is 4.70. The van der Waals surface area contributed by atoms with Crippen LogP contribution in [0.5, 0.6) is 5.75 Å². The molecule has 1 fully saturated rings. The lowest BCUT2D eigenvalue weighted by Crippen LogP contribution is -2.27. The van der Waals surface area contributed by atoms with Crippen LogP contribution in [0.2, 0.25) is 0 Å². The molecule has 0 saturated carbocycles. The van der Waals surface area contributed by atoms with Gasteiger partial charge in [-0.25, -0.2) is 0 Å². The van der Waals surface area contributed by atoms with Gasteiger partial charge in [0.15, 0.2) is 0 Å². The van der Waals surface area contributed by atoms with Crippen molar-refractivity contribution in [2.75, 3.05) is 23.1 Å². The average molecular weight is 453 g/mol. The van der Waals surface area contributed by atoms with Gasteiger partial charge in [0.2, 0.25) is 11.8 Å². The second kappa shape index (κ2) is 9.45. The van der Waals surface area contributed by atoms with Gasteiger partial charge in [0.05, 0.1) is 12.9 Å². The number of carbonyl (C=O) groups excluding carboxylic acids is 2. The first-order chi connectivity index (χ1) is 15.1. The Labute approximate surface area is 190 Å². The molecule has 1 heterocycles. The molecule has 0 spiro atoms. The van der Waals surface area contributed by atoms with Crippen LogP contribution in [0.3, 0.4) is 0 Å². The highest BCUT2D eigenvalue weighted by Crippen LogP contribution is 2.42. The smallest absolute Gasteiger partial charge is 0.246 e. The molecular formula is C24H21ClN2O3S. The quantitative estimate of drug-likeness (QED) is 0.509. The number of alkyl halides is 1. The molecule has 3 aromatic carbocycles. The highest BCUT2D eigenvalue weighted by molar-refractivity contribution is 8.00. The van der Waals surface area contributed by atoms with Crippen molar-refractivity contribution < 1.29 is 14.3 Å². The molecule has 1 aliphatic rings. The van der Waals surface area contributed by atoms with E-state index in [1.165, 1.54) is 0 Å². The van der Waals surface area contributed by atoms with Gasteiger partial charge in [-0.1, -0.05) is 48.5 Å². The SMILES string of the molecule is COc1cccc(N2C(=O)CSC2c2ccc(NC(=O)C(Cl)c3ccccc3)cc2)c1. The van der Waals surface area contributed by atoms with E-state index in [4.69, 9.17) is 16.3 Å². The summed E-state index contributed by atoms with van der Waals surface area (Å²) >= 11 is 7.87. The Balaban J connectivity index is 1.49. The summed E-state index contributed by atoms with van der Waals surface area (Å²) in [7, 11) is 1.60. The topological polar surface area (TPSA) is 58.6 Å². The van der Waals surface area contributed by atoms with Crippen molar-refractivity contribution in [1.29, 1.82) is 0 Å². The summed E-state index contributed by atoms with van der Waals surface area (Å²) in [6.45, 7) is 0. The molecule has 1 N–H and O–H groups in total. The highest BCUT2D eigenvalue weighted by Gasteiger charge is 2.34. The molecule has 4 rings (SSSR count). The zero-order valence-electron chi connectivity index (χ0n) is 16.8. The van der Waals surface area contributed by atoms with Crippen molar-refractivity contribution in [3.8, 4) is 5.75 Å². The fourth-order valence-corrected chi connectivity index (χ4v) is 4.80. The van der Waals surface area contributed by atoms with E-state index in [9.17, 15) is 9.59 Å². The van der Waals surface area contributed by atoms with E-state index < -0.39 is 5.38 Å². The molecule has 158 valence electrons. The van der Waals surface area contributed by atoms with Crippen molar-refractivity contribution >= 4 is 46.6 Å². The number of thioether (sulfide) groups is 1. The van der Waals surface area contributed by atoms with Gasteiger partial charge in [-0.05, 0) is 35.4 Å². The van der Waals surface area contributed by atoms with Gasteiger partial charge in [-0.2, -0.15) is 0 Å². The fraction of sp³-hybridized carbons (Fsp3) is 0.167. The van der Waals surface area contributed by atoms with E-state index in [0.717, 1.165) is 16.8 Å². The van der Waals surface area contributed by atoms with Crippen LogP contribution in [0.4, 0.5) is 11.4 Å². The maximum atomic E-state index is 12.6. The summed E-state index contributed by atoms with van der Waals surface area (Å²) in [5.41, 5.74) is 3.16. The van der Waals surface area contributed by atoms with E-state index in [1.807, 2.05) is 78.9 Å². The first-order valence-electron chi connectivity index (χ1n) is 9.74. The minimum Gasteiger partial charge on any atom is -0.497 e. The van der Waals surface area contributed by atoms with Crippen LogP contribution in [0.25, 0.3) is 0 Å². The largest absolute Gasteiger partial charge is 0.497 e. The minimum atomic E-state index is -0.771. The fourth-order valence-electron chi connectivity index (χ4n) is 3.42. The average Bonchev–Trinajstić information content (AvgIpc) is 3.21. The number of rotatable bonds is 6. The summed E-state index contributed by atoms with van der Waals surface area (Å²) in [6.07, 6.45) is 0. The molecule has 0 bridgehead atoms. The van der Waals surface area contributed by atoms with E-state index in [1.54, 1.807) is 23.8 Å². The van der Waals surface area contributed by atoms with E-state index in [2.05, 4.69) is 5.32 Å². The Morgan fingerprint density at radius 3 is 2.55 bits per heavy atom. The summed E-state index contributed by atoms with van der Waals surface area (Å²) in [4.78, 5) is 26.8. The van der Waals surface area contributed by atoms with Crippen molar-refractivity contribution in [3.63, 3.8) is 0 Å². The number of amides is 2. The maximum absolute atomic E-state index is 12.6. The first kappa shape index (κ1) is 21.3. The Bertz CT molecular complexity index is 1080. The van der Waals surface area contributed by atoms with Crippen LogP contribution in [-0.2, 0) is 9.59 Å². The molecule has 1 saturated heterocycles. The highest BCUT2D eigenvalue weighted by atomic mass is 35.5. The lowest BCUT2D eigenvalue weighted by atomic mass is 10.1. The predicted molar refractivity (Wildman–Crippen MR) is 126 cm³/mol. The van der Waals surface area contributed by atoms with Gasteiger partial charge in [-0.15, -0.1) is 23.4 Å². The number of benzene rings is 3. The van der Waals surface area contributed by atoms with Gasteiger partial charge in [0.1, 0.15) is 16.5 Å². The molecule has 1 aliphatic heterocycles. The first-order valence-corrected chi connectivity index (χ1v) is 11.2. The molecule has 0 radical (unpaired) electrons. The normalized spacial score (nSPS) is 16.8. The van der Waals surface area contributed by atoms with Crippen molar-refractivity contribution in [2.45, 2.75) is 10.8 Å². The molecule has 2 unspecified atom stereocenters. The predicted octanol–water partition coefficient (Wildman–Crippen LogP) is 5.39. The molecule has 2 amide bonds. The summed E-state index contributed by atoms with van der Waals surface area (Å²) in [6, 6.07) is 24.2. The lowest BCUT2D eigenvalue weighted by molar-refractivity contribution is -0.116. The maximum Gasteiger partial charge on any atom is 0.246 e. The molecule has 2 atom stereocenters. The van der Waals surface area contributed by atoms with Gasteiger partial charge >= 0.3 is 0 Å². The van der Waals surface area contributed by atoms with Crippen molar-refractivity contribution in [3.05, 3.63) is 90.0 Å². The molecular weight excluding hydrogens is 432 g/mol. The zero-order valence-corrected chi connectivity index (χ0v) is 18.4. The second-order valence-corrected chi connectivity index (χ2v) is 8.52. The summed E-state index contributed by atoms with van der Waals surface area (Å²) in [5.74, 6) is 0.872. The number of nitrogens with one attached hydrogen (secondary N) is 1. The molecule has 7 heteroatoms. The number of nitrogens with zero attached hydrogens (tertiary/aromatic N) is 1. The molecule has 3 aromatic rings.